The molecule has 3 heterocycles. The number of anilines is 1. The van der Waals surface area contributed by atoms with E-state index in [1.165, 1.54) is 0 Å². The number of imide groups is 1. The average Bonchev–Trinajstić information content (AvgIpc) is 3.04. The van der Waals surface area contributed by atoms with Gasteiger partial charge in [-0.2, -0.15) is 5.10 Å². The third-order valence-electron chi connectivity index (χ3n) is 5.33. The molecule has 9 nitrogen and oxygen atoms in total. The number of aryl methyl sites for hydroxylation is 2. The van der Waals surface area contributed by atoms with Gasteiger partial charge in [0, 0.05) is 19.0 Å². The van der Waals surface area contributed by atoms with Crippen LogP contribution in [0.1, 0.15) is 23.4 Å². The molecular weight excluding hydrogens is 362 g/mol. The first-order valence-corrected chi connectivity index (χ1v) is 9.00. The number of nitrogens with one attached hydrogen (secondary N) is 2. The number of rotatable bonds is 3. The topological polar surface area (TPSA) is 106 Å². The van der Waals surface area contributed by atoms with Gasteiger partial charge in [0.05, 0.1) is 23.7 Å². The van der Waals surface area contributed by atoms with Crippen molar-refractivity contribution in [2.24, 2.45) is 7.05 Å². The first kappa shape index (κ1) is 18.0. The van der Waals surface area contributed by atoms with Gasteiger partial charge in [0.25, 0.3) is 5.91 Å². The average molecular weight is 383 g/mol. The molecule has 0 unspecified atom stereocenters. The monoisotopic (exact) mass is 383 g/mol. The third-order valence-corrected chi connectivity index (χ3v) is 5.33. The number of nitrogens with zero attached hydrogens (tertiary/aromatic N) is 3. The number of hydrogen-bond donors (Lipinski definition) is 2. The number of aromatic nitrogens is 2. The second-order valence-corrected chi connectivity index (χ2v) is 7.04. The van der Waals surface area contributed by atoms with Gasteiger partial charge in [0.15, 0.2) is 5.54 Å². The Kier molecular flexibility index (Phi) is 4.10. The minimum Gasteiger partial charge on any atom is -0.493 e. The van der Waals surface area contributed by atoms with Crippen LogP contribution in [0.3, 0.4) is 0 Å². The maximum atomic E-state index is 13.2. The van der Waals surface area contributed by atoms with Gasteiger partial charge in [0.2, 0.25) is 5.91 Å². The van der Waals surface area contributed by atoms with Crippen molar-refractivity contribution in [1.82, 2.24) is 20.0 Å². The van der Waals surface area contributed by atoms with Gasteiger partial charge in [-0.25, -0.2) is 4.79 Å². The summed E-state index contributed by atoms with van der Waals surface area (Å²) in [7, 11) is 1.78. The Labute approximate surface area is 161 Å². The molecule has 0 aliphatic carbocycles. The van der Waals surface area contributed by atoms with E-state index in [0.717, 1.165) is 10.6 Å². The van der Waals surface area contributed by atoms with Crippen LogP contribution in [0.15, 0.2) is 24.3 Å². The fourth-order valence-corrected chi connectivity index (χ4v) is 3.79. The summed E-state index contributed by atoms with van der Waals surface area (Å²) in [6.45, 7) is 3.54. The zero-order valence-corrected chi connectivity index (χ0v) is 15.9. The lowest BCUT2D eigenvalue weighted by molar-refractivity contribution is -0.135. The molecule has 1 saturated heterocycles. The summed E-state index contributed by atoms with van der Waals surface area (Å²) in [6.07, 6.45) is 0.313. The van der Waals surface area contributed by atoms with E-state index >= 15 is 0 Å². The van der Waals surface area contributed by atoms with Gasteiger partial charge < -0.3 is 15.4 Å². The molecule has 0 saturated carbocycles. The second-order valence-electron chi connectivity index (χ2n) is 7.04. The number of fused-ring (bicyclic) bond motifs is 2. The highest BCUT2D eigenvalue weighted by atomic mass is 16.5. The quantitative estimate of drug-likeness (QED) is 0.775. The van der Waals surface area contributed by atoms with Crippen LogP contribution in [-0.2, 0) is 22.2 Å². The Morgan fingerprint density at radius 1 is 1.32 bits per heavy atom. The highest BCUT2D eigenvalue weighted by molar-refractivity contribution is 6.10. The van der Waals surface area contributed by atoms with Crippen LogP contribution in [0, 0.1) is 13.8 Å². The Bertz CT molecular complexity index is 998. The molecule has 2 aromatic rings. The molecule has 9 heteroatoms. The molecule has 2 aliphatic rings. The predicted octanol–water partition coefficient (Wildman–Crippen LogP) is 1.21. The maximum absolute atomic E-state index is 13.2. The van der Waals surface area contributed by atoms with Crippen molar-refractivity contribution in [3.8, 4) is 5.75 Å². The predicted molar refractivity (Wildman–Crippen MR) is 99.8 cm³/mol. The largest absolute Gasteiger partial charge is 0.493 e. The summed E-state index contributed by atoms with van der Waals surface area (Å²) in [6, 6.07) is 6.54. The molecule has 146 valence electrons. The number of hydrogen-bond acceptors (Lipinski definition) is 5. The van der Waals surface area contributed by atoms with E-state index in [1.54, 1.807) is 36.9 Å². The van der Waals surface area contributed by atoms with E-state index in [2.05, 4.69) is 15.7 Å². The van der Waals surface area contributed by atoms with E-state index in [0.29, 0.717) is 35.7 Å². The van der Waals surface area contributed by atoms with E-state index < -0.39 is 23.4 Å². The van der Waals surface area contributed by atoms with Gasteiger partial charge in [-0.1, -0.05) is 18.2 Å². The van der Waals surface area contributed by atoms with E-state index in [-0.39, 0.29) is 6.54 Å². The molecule has 2 N–H and O–H groups in total. The highest BCUT2D eigenvalue weighted by Gasteiger charge is 2.55. The van der Waals surface area contributed by atoms with Crippen LogP contribution in [0.2, 0.25) is 0 Å². The lowest BCUT2D eigenvalue weighted by Gasteiger charge is -2.33. The van der Waals surface area contributed by atoms with Crippen molar-refractivity contribution in [2.45, 2.75) is 25.8 Å². The summed E-state index contributed by atoms with van der Waals surface area (Å²) in [5.41, 5.74) is 1.47. The third kappa shape index (κ3) is 2.62. The van der Waals surface area contributed by atoms with Crippen molar-refractivity contribution in [2.75, 3.05) is 18.5 Å². The van der Waals surface area contributed by atoms with Crippen molar-refractivity contribution < 1.29 is 19.1 Å². The molecule has 0 bridgehead atoms. The van der Waals surface area contributed by atoms with Crippen LogP contribution < -0.4 is 15.4 Å². The Balaban J connectivity index is 1.57. The fraction of sp³-hybridized carbons (Fsp3) is 0.368. The fourth-order valence-electron chi connectivity index (χ4n) is 3.79. The van der Waals surface area contributed by atoms with Crippen molar-refractivity contribution >= 4 is 23.5 Å². The number of urea groups is 1. The van der Waals surface area contributed by atoms with Crippen molar-refractivity contribution in [3.63, 3.8) is 0 Å². The molecule has 1 aromatic carbocycles. The van der Waals surface area contributed by atoms with Crippen molar-refractivity contribution in [1.29, 1.82) is 0 Å². The van der Waals surface area contributed by atoms with E-state index in [1.807, 2.05) is 13.0 Å². The van der Waals surface area contributed by atoms with E-state index in [4.69, 9.17) is 4.74 Å². The molecule has 1 spiro atoms. The standard InChI is InChI=1S/C19H21N5O4/c1-11-16(12(2)23(3)22-11)20-15(25)10-24-17(26)19(21-18(24)27)8-9-28-14-7-5-4-6-13(14)19/h4-7H,8-10H2,1-3H3,(H,20,25)(H,21,27)/t19-/m1/s1. The number of carbonyl (C=O) groups excluding carboxylic acids is 3. The number of benzene rings is 1. The zero-order chi connectivity index (χ0) is 20.1. The molecule has 1 aromatic heterocycles. The Hall–Kier alpha value is -3.36. The Morgan fingerprint density at radius 3 is 2.79 bits per heavy atom. The molecule has 28 heavy (non-hydrogen) atoms. The van der Waals surface area contributed by atoms with Crippen LogP contribution in [0.4, 0.5) is 10.5 Å². The first-order valence-electron chi connectivity index (χ1n) is 9.00. The summed E-state index contributed by atoms with van der Waals surface area (Å²) in [5, 5.41) is 9.79. The molecule has 4 rings (SSSR count). The van der Waals surface area contributed by atoms with Gasteiger partial charge in [-0.3, -0.25) is 19.2 Å². The first-order chi connectivity index (χ1) is 13.3. The molecular formula is C19H21N5O4. The lowest BCUT2D eigenvalue weighted by Crippen LogP contribution is -2.48. The zero-order valence-electron chi connectivity index (χ0n) is 15.9. The highest BCUT2D eigenvalue weighted by Crippen LogP contribution is 2.40. The van der Waals surface area contributed by atoms with Crippen molar-refractivity contribution in [3.05, 3.63) is 41.2 Å². The Morgan fingerprint density at radius 2 is 2.07 bits per heavy atom. The summed E-state index contributed by atoms with van der Waals surface area (Å²) in [4.78, 5) is 39.2. The molecule has 1 atom stereocenters. The van der Waals surface area contributed by atoms with Gasteiger partial charge >= 0.3 is 6.03 Å². The van der Waals surface area contributed by atoms with Gasteiger partial charge in [0.1, 0.15) is 12.3 Å². The van der Waals surface area contributed by atoms with Crippen LogP contribution in [0.25, 0.3) is 0 Å². The summed E-state index contributed by atoms with van der Waals surface area (Å²) in [5.74, 6) is -0.335. The lowest BCUT2D eigenvalue weighted by atomic mass is 9.84. The second kappa shape index (κ2) is 6.36. The minimum absolute atomic E-state index is 0.303. The SMILES string of the molecule is Cc1nn(C)c(C)c1NC(=O)CN1C(=O)N[C@@]2(CCOc3ccccc32)C1=O. The number of para-hydroxylation sites is 1. The summed E-state index contributed by atoms with van der Waals surface area (Å²) < 4.78 is 7.27. The van der Waals surface area contributed by atoms with Gasteiger partial charge in [-0.15, -0.1) is 0 Å². The van der Waals surface area contributed by atoms with Crippen LogP contribution >= 0.6 is 0 Å². The molecule has 2 aliphatic heterocycles. The normalized spacial score (nSPS) is 20.8. The molecule has 0 radical (unpaired) electrons. The molecule has 4 amide bonds. The number of amides is 4. The summed E-state index contributed by atoms with van der Waals surface area (Å²) >= 11 is 0. The maximum Gasteiger partial charge on any atom is 0.325 e. The minimum atomic E-state index is -1.19. The van der Waals surface area contributed by atoms with Gasteiger partial charge in [-0.05, 0) is 19.9 Å². The molecule has 1 fully saturated rings. The van der Waals surface area contributed by atoms with Crippen LogP contribution in [0.5, 0.6) is 5.75 Å². The van der Waals surface area contributed by atoms with E-state index in [9.17, 15) is 14.4 Å². The van der Waals surface area contributed by atoms with Crippen LogP contribution in [-0.4, -0.2) is 45.7 Å². The smallest absolute Gasteiger partial charge is 0.325 e. The number of ether oxygens (including phenoxy) is 1. The number of carbonyl (C=O) groups is 3.